The molecule has 1 N–H and O–H groups in total. The molecule has 3 nitrogen and oxygen atoms in total. The molecular weight excluding hydrogens is 226 g/mol. The van der Waals surface area contributed by atoms with Crippen molar-refractivity contribution in [1.29, 1.82) is 0 Å². The Morgan fingerprint density at radius 1 is 1.33 bits per heavy atom. The van der Waals surface area contributed by atoms with Crippen molar-refractivity contribution in [3.8, 4) is 0 Å². The Morgan fingerprint density at radius 3 is 2.50 bits per heavy atom. The lowest BCUT2D eigenvalue weighted by molar-refractivity contribution is -0.157. The fraction of sp³-hybridized carbons (Fsp3) is 0.533. The van der Waals surface area contributed by atoms with Gasteiger partial charge in [0.2, 0.25) is 0 Å². The quantitative estimate of drug-likeness (QED) is 0.834. The number of benzene rings is 1. The molecule has 0 saturated carbocycles. The molecule has 0 aliphatic rings. The van der Waals surface area contributed by atoms with E-state index in [-0.39, 0.29) is 12.0 Å². The number of esters is 1. The summed E-state index contributed by atoms with van der Waals surface area (Å²) in [6, 6.07) is 7.83. The predicted molar refractivity (Wildman–Crippen MR) is 73.3 cm³/mol. The zero-order chi connectivity index (χ0) is 13.8. The van der Waals surface area contributed by atoms with Crippen LogP contribution >= 0.6 is 0 Å². The molecule has 0 bridgehead atoms. The van der Waals surface area contributed by atoms with Gasteiger partial charge in [0.1, 0.15) is 11.6 Å². The molecule has 1 unspecified atom stereocenters. The van der Waals surface area contributed by atoms with E-state index in [0.29, 0.717) is 6.54 Å². The summed E-state index contributed by atoms with van der Waals surface area (Å²) in [6.07, 6.45) is 0. The third-order valence-electron chi connectivity index (χ3n) is 2.62. The summed E-state index contributed by atoms with van der Waals surface area (Å²) >= 11 is 0. The third kappa shape index (κ3) is 4.88. The van der Waals surface area contributed by atoms with E-state index in [1.165, 1.54) is 11.1 Å². The summed E-state index contributed by atoms with van der Waals surface area (Å²) < 4.78 is 5.32. The summed E-state index contributed by atoms with van der Waals surface area (Å²) in [5.41, 5.74) is 1.99. The second-order valence-electron chi connectivity index (χ2n) is 5.56. The molecule has 0 heterocycles. The van der Waals surface area contributed by atoms with Gasteiger partial charge >= 0.3 is 5.97 Å². The monoisotopic (exact) mass is 249 g/mol. The first-order valence-electron chi connectivity index (χ1n) is 6.30. The smallest absolute Gasteiger partial charge is 0.323 e. The molecule has 0 aliphatic heterocycles. The topological polar surface area (TPSA) is 38.3 Å². The summed E-state index contributed by atoms with van der Waals surface area (Å²) in [4.78, 5) is 11.8. The van der Waals surface area contributed by atoms with Crippen molar-refractivity contribution in [3.63, 3.8) is 0 Å². The highest BCUT2D eigenvalue weighted by Crippen LogP contribution is 2.10. The van der Waals surface area contributed by atoms with Gasteiger partial charge in [0, 0.05) is 6.54 Å². The molecule has 100 valence electrons. The molecule has 0 saturated heterocycles. The van der Waals surface area contributed by atoms with Gasteiger partial charge in [0.25, 0.3) is 0 Å². The summed E-state index contributed by atoms with van der Waals surface area (Å²) in [7, 11) is 0. The van der Waals surface area contributed by atoms with Crippen molar-refractivity contribution in [2.45, 2.75) is 52.8 Å². The Hall–Kier alpha value is -1.35. The number of carbonyl (C=O) groups excluding carboxylic acids is 1. The van der Waals surface area contributed by atoms with E-state index in [1.54, 1.807) is 0 Å². The second kappa shape index (κ2) is 6.01. The molecule has 0 aromatic heterocycles. The highest BCUT2D eigenvalue weighted by Gasteiger charge is 2.21. The van der Waals surface area contributed by atoms with Gasteiger partial charge in [-0.3, -0.25) is 4.79 Å². The standard InChI is InChI=1S/C15H23NO2/c1-11-8-6-7-9-13(11)10-16-12(2)14(17)18-15(3,4)5/h6-9,12,16H,10H2,1-5H3. The summed E-state index contributed by atoms with van der Waals surface area (Å²) in [5, 5.41) is 3.19. The van der Waals surface area contributed by atoms with E-state index in [4.69, 9.17) is 4.74 Å². The maximum Gasteiger partial charge on any atom is 0.323 e. The van der Waals surface area contributed by atoms with Gasteiger partial charge < -0.3 is 10.1 Å². The minimum atomic E-state index is -0.435. The second-order valence-corrected chi connectivity index (χ2v) is 5.56. The lowest BCUT2D eigenvalue weighted by atomic mass is 10.1. The molecular formula is C15H23NO2. The van der Waals surface area contributed by atoms with Crippen LogP contribution in [0.25, 0.3) is 0 Å². The average Bonchev–Trinajstić information content (AvgIpc) is 2.25. The van der Waals surface area contributed by atoms with Crippen LogP contribution in [0.2, 0.25) is 0 Å². The minimum absolute atomic E-state index is 0.212. The van der Waals surface area contributed by atoms with Crippen LogP contribution in [0.3, 0.4) is 0 Å². The van der Waals surface area contributed by atoms with E-state index in [2.05, 4.69) is 24.4 Å². The molecule has 0 fully saturated rings. The molecule has 1 rings (SSSR count). The third-order valence-corrected chi connectivity index (χ3v) is 2.62. The Balaban J connectivity index is 2.49. The molecule has 0 aliphatic carbocycles. The van der Waals surface area contributed by atoms with E-state index >= 15 is 0 Å². The number of aryl methyl sites for hydroxylation is 1. The van der Waals surface area contributed by atoms with E-state index < -0.39 is 5.60 Å². The van der Waals surface area contributed by atoms with Crippen LogP contribution < -0.4 is 5.32 Å². The minimum Gasteiger partial charge on any atom is -0.459 e. The van der Waals surface area contributed by atoms with Crippen LogP contribution in [-0.4, -0.2) is 17.6 Å². The summed E-state index contributed by atoms with van der Waals surface area (Å²) in [6.45, 7) is 10.2. The van der Waals surface area contributed by atoms with Gasteiger partial charge in [-0.05, 0) is 45.7 Å². The molecule has 1 atom stereocenters. The fourth-order valence-electron chi connectivity index (χ4n) is 1.54. The van der Waals surface area contributed by atoms with Crippen molar-refractivity contribution in [2.75, 3.05) is 0 Å². The Labute approximate surface area is 110 Å². The van der Waals surface area contributed by atoms with Crippen molar-refractivity contribution < 1.29 is 9.53 Å². The molecule has 0 radical (unpaired) electrons. The zero-order valence-electron chi connectivity index (χ0n) is 11.9. The van der Waals surface area contributed by atoms with Crippen LogP contribution in [0, 0.1) is 6.92 Å². The highest BCUT2D eigenvalue weighted by molar-refractivity contribution is 5.75. The first-order chi connectivity index (χ1) is 8.29. The predicted octanol–water partition coefficient (Wildman–Crippen LogP) is 2.81. The first kappa shape index (κ1) is 14.7. The first-order valence-corrected chi connectivity index (χ1v) is 6.30. The number of rotatable bonds is 4. The molecule has 3 heteroatoms. The van der Waals surface area contributed by atoms with Gasteiger partial charge in [-0.1, -0.05) is 24.3 Å². The van der Waals surface area contributed by atoms with Crippen LogP contribution in [0.5, 0.6) is 0 Å². The van der Waals surface area contributed by atoms with E-state index in [0.717, 1.165) is 0 Å². The van der Waals surface area contributed by atoms with Gasteiger partial charge in [0.05, 0.1) is 0 Å². The molecule has 0 spiro atoms. The SMILES string of the molecule is Cc1ccccc1CNC(C)C(=O)OC(C)(C)C. The summed E-state index contributed by atoms with van der Waals surface area (Å²) in [5.74, 6) is -0.212. The van der Waals surface area contributed by atoms with Crippen LogP contribution in [0.4, 0.5) is 0 Å². The highest BCUT2D eigenvalue weighted by atomic mass is 16.6. The normalized spacial score (nSPS) is 13.2. The van der Waals surface area contributed by atoms with Crippen LogP contribution in [-0.2, 0) is 16.1 Å². The van der Waals surface area contributed by atoms with Crippen molar-refractivity contribution in [3.05, 3.63) is 35.4 Å². The average molecular weight is 249 g/mol. The zero-order valence-corrected chi connectivity index (χ0v) is 11.9. The Morgan fingerprint density at radius 2 is 1.94 bits per heavy atom. The van der Waals surface area contributed by atoms with Crippen molar-refractivity contribution in [1.82, 2.24) is 5.32 Å². The lowest BCUT2D eigenvalue weighted by Crippen LogP contribution is -2.38. The van der Waals surface area contributed by atoms with Gasteiger partial charge in [-0.15, -0.1) is 0 Å². The molecule has 1 aromatic carbocycles. The van der Waals surface area contributed by atoms with Crippen LogP contribution in [0.1, 0.15) is 38.8 Å². The molecule has 1 aromatic rings. The van der Waals surface area contributed by atoms with Gasteiger partial charge in [-0.2, -0.15) is 0 Å². The van der Waals surface area contributed by atoms with Crippen molar-refractivity contribution >= 4 is 5.97 Å². The van der Waals surface area contributed by atoms with Gasteiger partial charge in [-0.25, -0.2) is 0 Å². The Bertz CT molecular complexity index is 407. The number of nitrogens with one attached hydrogen (secondary N) is 1. The van der Waals surface area contributed by atoms with Gasteiger partial charge in [0.15, 0.2) is 0 Å². The molecule has 18 heavy (non-hydrogen) atoms. The number of ether oxygens (including phenoxy) is 1. The number of carbonyl (C=O) groups is 1. The lowest BCUT2D eigenvalue weighted by Gasteiger charge is -2.22. The van der Waals surface area contributed by atoms with E-state index in [9.17, 15) is 4.79 Å². The maximum absolute atomic E-state index is 11.8. The maximum atomic E-state index is 11.8. The Kier molecular flexibility index (Phi) is 4.91. The van der Waals surface area contributed by atoms with Crippen molar-refractivity contribution in [2.24, 2.45) is 0 Å². The largest absolute Gasteiger partial charge is 0.459 e. The fourth-order valence-corrected chi connectivity index (χ4v) is 1.54. The van der Waals surface area contributed by atoms with E-state index in [1.807, 2.05) is 39.8 Å². The molecule has 0 amide bonds. The number of hydrogen-bond acceptors (Lipinski definition) is 3. The van der Waals surface area contributed by atoms with Crippen LogP contribution in [0.15, 0.2) is 24.3 Å². The number of hydrogen-bond donors (Lipinski definition) is 1.